The summed E-state index contributed by atoms with van der Waals surface area (Å²) >= 11 is 6.60. The van der Waals surface area contributed by atoms with E-state index in [0.29, 0.717) is 17.5 Å². The molecule has 0 saturated heterocycles. The molecule has 1 aliphatic rings. The van der Waals surface area contributed by atoms with Gasteiger partial charge in [-0.1, -0.05) is 46.2 Å². The van der Waals surface area contributed by atoms with Gasteiger partial charge >= 0.3 is 0 Å². The Morgan fingerprint density at radius 1 is 1.21 bits per heavy atom. The maximum atomic E-state index is 6.60. The molecule has 1 fully saturated rings. The van der Waals surface area contributed by atoms with Crippen LogP contribution in [0.4, 0.5) is 0 Å². The smallest absolute Gasteiger partial charge is 0.142 e. The van der Waals surface area contributed by atoms with Gasteiger partial charge in [-0.2, -0.15) is 0 Å². The molecule has 4 heteroatoms. The first-order valence-electron chi connectivity index (χ1n) is 8.96. The fraction of sp³-hybridized carbons (Fsp3) is 0.700. The quantitative estimate of drug-likeness (QED) is 0.740. The summed E-state index contributed by atoms with van der Waals surface area (Å²) < 4.78 is 6.02. The number of rotatable bonds is 7. The van der Waals surface area contributed by atoms with Gasteiger partial charge in [0, 0.05) is 18.2 Å². The third kappa shape index (κ3) is 5.11. The molecule has 4 N–H and O–H groups in total. The highest BCUT2D eigenvalue weighted by molar-refractivity contribution is 6.32. The lowest BCUT2D eigenvalue weighted by atomic mass is 9.72. The predicted octanol–water partition coefficient (Wildman–Crippen LogP) is 4.80. The van der Waals surface area contributed by atoms with Crippen molar-refractivity contribution < 1.29 is 4.74 Å². The second kappa shape index (κ2) is 7.23. The van der Waals surface area contributed by atoms with Crippen LogP contribution in [0.15, 0.2) is 12.1 Å². The van der Waals surface area contributed by atoms with Gasteiger partial charge in [0.15, 0.2) is 0 Å². The molecule has 0 radical (unpaired) electrons. The summed E-state index contributed by atoms with van der Waals surface area (Å²) in [5, 5.41) is 0.647. The molecular weight excluding hydrogens is 320 g/mol. The molecule has 1 atom stereocenters. The Kier molecular flexibility index (Phi) is 5.89. The average Bonchev–Trinajstić information content (AvgIpc) is 3.26. The zero-order valence-corrected chi connectivity index (χ0v) is 16.5. The normalized spacial score (nSPS) is 17.0. The van der Waals surface area contributed by atoms with Crippen LogP contribution in [0.3, 0.4) is 0 Å². The van der Waals surface area contributed by atoms with Crippen molar-refractivity contribution in [3.8, 4) is 5.75 Å². The van der Waals surface area contributed by atoms with E-state index in [1.165, 1.54) is 18.4 Å². The van der Waals surface area contributed by atoms with Crippen LogP contribution in [-0.2, 0) is 5.41 Å². The van der Waals surface area contributed by atoms with E-state index in [4.69, 9.17) is 27.8 Å². The van der Waals surface area contributed by atoms with Gasteiger partial charge in [0.25, 0.3) is 0 Å². The molecule has 0 aliphatic heterocycles. The van der Waals surface area contributed by atoms with Gasteiger partial charge in [0.2, 0.25) is 0 Å². The Bertz CT molecular complexity index is 574. The number of nitrogens with two attached hydrogens (primary N) is 2. The van der Waals surface area contributed by atoms with E-state index in [0.717, 1.165) is 24.3 Å². The third-order valence-electron chi connectivity index (χ3n) is 4.64. The van der Waals surface area contributed by atoms with E-state index in [-0.39, 0.29) is 16.9 Å². The van der Waals surface area contributed by atoms with Crippen LogP contribution in [0, 0.1) is 11.3 Å². The summed E-state index contributed by atoms with van der Waals surface area (Å²) in [7, 11) is 0. The summed E-state index contributed by atoms with van der Waals surface area (Å²) in [5.41, 5.74) is 14.4. The molecule has 0 aromatic heterocycles. The topological polar surface area (TPSA) is 61.3 Å². The molecule has 0 bridgehead atoms. The first kappa shape index (κ1) is 19.6. The summed E-state index contributed by atoms with van der Waals surface area (Å²) in [6, 6.07) is 3.93. The Morgan fingerprint density at radius 3 is 2.33 bits per heavy atom. The molecule has 136 valence electrons. The molecule has 1 aromatic carbocycles. The van der Waals surface area contributed by atoms with E-state index in [1.807, 2.05) is 6.07 Å². The molecular formula is C20H33ClN2O. The molecule has 0 spiro atoms. The average molecular weight is 353 g/mol. The van der Waals surface area contributed by atoms with Crippen LogP contribution < -0.4 is 16.2 Å². The summed E-state index contributed by atoms with van der Waals surface area (Å²) in [5.74, 6) is 1.39. The molecule has 0 amide bonds. The highest BCUT2D eigenvalue weighted by Gasteiger charge is 2.30. The minimum Gasteiger partial charge on any atom is -0.491 e. The Hall–Kier alpha value is -0.770. The van der Waals surface area contributed by atoms with Gasteiger partial charge in [-0.05, 0) is 53.7 Å². The first-order chi connectivity index (χ1) is 11.0. The fourth-order valence-corrected chi connectivity index (χ4v) is 3.75. The van der Waals surface area contributed by atoms with Crippen molar-refractivity contribution in [3.05, 3.63) is 28.3 Å². The van der Waals surface area contributed by atoms with E-state index < -0.39 is 0 Å². The standard InChI is InChI=1S/C20H33ClN2O/c1-19(2,3)12-20(4,5)14-8-15(17(23)10-22)18(16(21)9-14)24-11-13-6-7-13/h8-9,13,17H,6-7,10-12,22-23H2,1-5H3. The van der Waals surface area contributed by atoms with E-state index in [2.05, 4.69) is 40.7 Å². The number of halogens is 1. The van der Waals surface area contributed by atoms with Gasteiger partial charge in [-0.15, -0.1) is 0 Å². The highest BCUT2D eigenvalue weighted by atomic mass is 35.5. The number of hydrogen-bond donors (Lipinski definition) is 2. The number of benzene rings is 1. The maximum Gasteiger partial charge on any atom is 0.142 e. The lowest BCUT2D eigenvalue weighted by Crippen LogP contribution is -2.27. The predicted molar refractivity (Wildman–Crippen MR) is 103 cm³/mol. The van der Waals surface area contributed by atoms with Crippen molar-refractivity contribution in [2.75, 3.05) is 13.2 Å². The van der Waals surface area contributed by atoms with Gasteiger partial charge < -0.3 is 16.2 Å². The van der Waals surface area contributed by atoms with E-state index >= 15 is 0 Å². The third-order valence-corrected chi connectivity index (χ3v) is 4.92. The second-order valence-corrected chi connectivity index (χ2v) is 9.50. The molecule has 2 rings (SSSR count). The van der Waals surface area contributed by atoms with Crippen LogP contribution in [-0.4, -0.2) is 13.2 Å². The minimum atomic E-state index is -0.262. The number of hydrogen-bond acceptors (Lipinski definition) is 3. The van der Waals surface area contributed by atoms with E-state index in [1.54, 1.807) is 0 Å². The molecule has 1 unspecified atom stereocenters. The van der Waals surface area contributed by atoms with Crippen molar-refractivity contribution in [1.29, 1.82) is 0 Å². The zero-order chi connectivity index (χ0) is 18.1. The van der Waals surface area contributed by atoms with Crippen molar-refractivity contribution in [1.82, 2.24) is 0 Å². The largest absolute Gasteiger partial charge is 0.491 e. The SMILES string of the molecule is CC(C)(C)CC(C)(C)c1cc(Cl)c(OCC2CC2)c(C(N)CN)c1. The second-order valence-electron chi connectivity index (χ2n) is 9.09. The summed E-state index contributed by atoms with van der Waals surface area (Å²) in [6.07, 6.45) is 3.54. The fourth-order valence-electron chi connectivity index (χ4n) is 3.47. The van der Waals surface area contributed by atoms with Gasteiger partial charge in [-0.25, -0.2) is 0 Å². The van der Waals surface area contributed by atoms with Crippen LogP contribution >= 0.6 is 11.6 Å². The lowest BCUT2D eigenvalue weighted by Gasteiger charge is -2.34. The van der Waals surface area contributed by atoms with Crippen molar-refractivity contribution in [2.24, 2.45) is 22.8 Å². The van der Waals surface area contributed by atoms with Crippen molar-refractivity contribution in [3.63, 3.8) is 0 Å². The van der Waals surface area contributed by atoms with Gasteiger partial charge in [0.05, 0.1) is 11.6 Å². The monoisotopic (exact) mass is 352 g/mol. The Morgan fingerprint density at radius 2 is 1.83 bits per heavy atom. The molecule has 1 aliphatic carbocycles. The summed E-state index contributed by atoms with van der Waals surface area (Å²) in [6.45, 7) is 12.4. The first-order valence-corrected chi connectivity index (χ1v) is 9.33. The molecule has 1 saturated carbocycles. The van der Waals surface area contributed by atoms with Gasteiger partial charge in [0.1, 0.15) is 5.75 Å². The van der Waals surface area contributed by atoms with Crippen LogP contribution in [0.25, 0.3) is 0 Å². The minimum absolute atomic E-state index is 0.0000189. The van der Waals surface area contributed by atoms with Gasteiger partial charge in [-0.3, -0.25) is 0 Å². The van der Waals surface area contributed by atoms with E-state index in [9.17, 15) is 0 Å². The zero-order valence-electron chi connectivity index (χ0n) is 15.8. The van der Waals surface area contributed by atoms with Crippen LogP contribution in [0.1, 0.15) is 71.0 Å². The Balaban J connectivity index is 2.37. The lowest BCUT2D eigenvalue weighted by molar-refractivity contribution is 0.281. The molecule has 0 heterocycles. The van der Waals surface area contributed by atoms with Crippen LogP contribution in [0.5, 0.6) is 5.75 Å². The Labute approximate surface area is 152 Å². The van der Waals surface area contributed by atoms with Crippen molar-refractivity contribution >= 4 is 11.6 Å². The highest BCUT2D eigenvalue weighted by Crippen LogP contribution is 2.42. The molecule has 24 heavy (non-hydrogen) atoms. The van der Waals surface area contributed by atoms with Crippen LogP contribution in [0.2, 0.25) is 5.02 Å². The molecule has 1 aromatic rings. The van der Waals surface area contributed by atoms with Crippen molar-refractivity contribution in [2.45, 2.75) is 65.3 Å². The number of ether oxygens (including phenoxy) is 1. The maximum absolute atomic E-state index is 6.60. The molecule has 3 nitrogen and oxygen atoms in total. The summed E-state index contributed by atoms with van der Waals surface area (Å²) in [4.78, 5) is 0.